The number of hydrogen-bond acceptors (Lipinski definition) is 5. The lowest BCUT2D eigenvalue weighted by Gasteiger charge is -2.36. The van der Waals surface area contributed by atoms with E-state index in [1.807, 2.05) is 19.1 Å². The van der Waals surface area contributed by atoms with Crippen LogP contribution >= 0.6 is 0 Å². The predicted octanol–water partition coefficient (Wildman–Crippen LogP) is 2.79. The van der Waals surface area contributed by atoms with Crippen molar-refractivity contribution in [1.82, 2.24) is 14.5 Å². The molecule has 0 spiro atoms. The second-order valence-electron chi connectivity index (χ2n) is 8.64. The van der Waals surface area contributed by atoms with Crippen molar-refractivity contribution in [1.29, 1.82) is 0 Å². The van der Waals surface area contributed by atoms with E-state index in [9.17, 15) is 13.2 Å². The summed E-state index contributed by atoms with van der Waals surface area (Å²) in [6, 6.07) is 8.18. The molecule has 0 saturated carbocycles. The van der Waals surface area contributed by atoms with Gasteiger partial charge in [-0.2, -0.15) is 0 Å². The molecule has 2 heterocycles. The van der Waals surface area contributed by atoms with Crippen LogP contribution < -0.4 is 10.1 Å². The molecule has 1 aromatic rings. The molecule has 174 valence electrons. The van der Waals surface area contributed by atoms with E-state index in [0.29, 0.717) is 26.1 Å². The zero-order valence-electron chi connectivity index (χ0n) is 18.9. The molecule has 1 aromatic carbocycles. The van der Waals surface area contributed by atoms with Gasteiger partial charge in [0.2, 0.25) is 15.9 Å². The third-order valence-electron chi connectivity index (χ3n) is 6.41. The number of nitrogens with zero attached hydrogens (tertiary/aromatic N) is 2. The van der Waals surface area contributed by atoms with Crippen molar-refractivity contribution in [2.45, 2.75) is 51.5 Å². The highest BCUT2D eigenvalue weighted by Gasteiger charge is 2.32. The van der Waals surface area contributed by atoms with Crippen molar-refractivity contribution < 1.29 is 17.9 Å². The maximum Gasteiger partial charge on any atom is 0.224 e. The van der Waals surface area contributed by atoms with Gasteiger partial charge in [-0.05, 0) is 62.9 Å². The highest BCUT2D eigenvalue weighted by atomic mass is 32.2. The minimum Gasteiger partial charge on any atom is -0.497 e. The van der Waals surface area contributed by atoms with E-state index in [0.717, 1.165) is 31.7 Å². The summed E-state index contributed by atoms with van der Waals surface area (Å²) in [4.78, 5) is 15.4. The molecule has 2 atom stereocenters. The topological polar surface area (TPSA) is 79.0 Å². The number of likely N-dealkylation sites (tertiary alicyclic amines) is 1. The first-order valence-corrected chi connectivity index (χ1v) is 13.2. The molecule has 0 radical (unpaired) electrons. The maximum absolute atomic E-state index is 13.0. The van der Waals surface area contributed by atoms with Gasteiger partial charge in [0.25, 0.3) is 0 Å². The molecular weight excluding hydrogens is 414 g/mol. The molecule has 1 amide bonds. The largest absolute Gasteiger partial charge is 0.497 e. The van der Waals surface area contributed by atoms with Crippen molar-refractivity contribution >= 4 is 15.9 Å². The summed E-state index contributed by atoms with van der Waals surface area (Å²) in [7, 11) is -1.61. The fourth-order valence-corrected chi connectivity index (χ4v) is 6.24. The quantitative estimate of drug-likeness (QED) is 0.625. The standard InChI is InChI=1S/C23H37N3O4S/c1-3-16-31(28,29)26-15-7-8-20(18-26)23(27)24-17-22(25-13-5-4-6-14-25)19-9-11-21(30-2)12-10-19/h9-12,20,22H,3-8,13-18H2,1-2H3,(H,24,27). The van der Waals surface area contributed by atoms with Crippen molar-refractivity contribution in [3.05, 3.63) is 29.8 Å². The number of benzene rings is 1. The van der Waals surface area contributed by atoms with Gasteiger partial charge >= 0.3 is 0 Å². The van der Waals surface area contributed by atoms with Gasteiger partial charge < -0.3 is 10.1 Å². The Labute approximate surface area is 187 Å². The van der Waals surface area contributed by atoms with Crippen LogP contribution in [0.2, 0.25) is 0 Å². The summed E-state index contributed by atoms with van der Waals surface area (Å²) in [6.45, 7) is 5.27. The Balaban J connectivity index is 1.65. The Hall–Kier alpha value is -1.64. The molecule has 2 aliphatic heterocycles. The first-order chi connectivity index (χ1) is 14.9. The lowest BCUT2D eigenvalue weighted by molar-refractivity contribution is -0.126. The SMILES string of the molecule is CCCS(=O)(=O)N1CCCC(C(=O)NCC(c2ccc(OC)cc2)N2CCCCC2)C1. The first kappa shape index (κ1) is 24.0. The number of methoxy groups -OCH3 is 1. The summed E-state index contributed by atoms with van der Waals surface area (Å²) in [5, 5.41) is 3.15. The van der Waals surface area contributed by atoms with Gasteiger partial charge in [0.1, 0.15) is 5.75 Å². The third kappa shape index (κ3) is 6.43. The molecular formula is C23H37N3O4S. The number of ether oxygens (including phenoxy) is 1. The van der Waals surface area contributed by atoms with E-state index in [-0.39, 0.29) is 23.6 Å². The maximum atomic E-state index is 13.0. The molecule has 8 heteroatoms. The summed E-state index contributed by atoms with van der Waals surface area (Å²) in [6.07, 6.45) is 5.66. The van der Waals surface area contributed by atoms with Crippen molar-refractivity contribution in [3.63, 3.8) is 0 Å². The fourth-order valence-electron chi connectivity index (χ4n) is 4.65. The van der Waals surface area contributed by atoms with E-state index in [4.69, 9.17) is 4.74 Å². The van der Waals surface area contributed by atoms with E-state index < -0.39 is 10.0 Å². The Bertz CT molecular complexity index is 807. The van der Waals surface area contributed by atoms with Crippen molar-refractivity contribution in [2.75, 3.05) is 45.6 Å². The zero-order valence-corrected chi connectivity index (χ0v) is 19.7. The molecule has 1 N–H and O–H groups in total. The zero-order chi connectivity index (χ0) is 22.3. The number of hydrogen-bond donors (Lipinski definition) is 1. The summed E-state index contributed by atoms with van der Waals surface area (Å²) in [5.74, 6) is 0.654. The molecule has 0 aliphatic carbocycles. The summed E-state index contributed by atoms with van der Waals surface area (Å²) >= 11 is 0. The molecule has 2 fully saturated rings. The van der Waals surface area contributed by atoms with Gasteiger partial charge in [0, 0.05) is 19.6 Å². The Morgan fingerprint density at radius 2 is 1.84 bits per heavy atom. The molecule has 2 aliphatic rings. The molecule has 0 aromatic heterocycles. The van der Waals surface area contributed by atoms with E-state index in [2.05, 4.69) is 22.3 Å². The van der Waals surface area contributed by atoms with Crippen LogP contribution in [0.4, 0.5) is 0 Å². The first-order valence-electron chi connectivity index (χ1n) is 11.6. The highest BCUT2D eigenvalue weighted by molar-refractivity contribution is 7.89. The summed E-state index contributed by atoms with van der Waals surface area (Å²) in [5.41, 5.74) is 1.17. The molecule has 7 nitrogen and oxygen atoms in total. The van der Waals surface area contributed by atoms with Gasteiger partial charge in [-0.25, -0.2) is 12.7 Å². The van der Waals surface area contributed by atoms with E-state index in [1.54, 1.807) is 7.11 Å². The smallest absolute Gasteiger partial charge is 0.224 e. The predicted molar refractivity (Wildman–Crippen MR) is 123 cm³/mol. The van der Waals surface area contributed by atoms with Crippen LogP contribution in [0.15, 0.2) is 24.3 Å². The van der Waals surface area contributed by atoms with Crippen LogP contribution in [-0.2, 0) is 14.8 Å². The highest BCUT2D eigenvalue weighted by Crippen LogP contribution is 2.26. The van der Waals surface area contributed by atoms with Crippen LogP contribution in [-0.4, -0.2) is 69.1 Å². The van der Waals surface area contributed by atoms with Crippen molar-refractivity contribution in [3.8, 4) is 5.75 Å². The van der Waals surface area contributed by atoms with Crippen LogP contribution in [0, 0.1) is 5.92 Å². The van der Waals surface area contributed by atoms with Crippen molar-refractivity contribution in [2.24, 2.45) is 5.92 Å². The average Bonchev–Trinajstić information content (AvgIpc) is 2.80. The van der Waals surface area contributed by atoms with Gasteiger partial charge in [0.05, 0.1) is 24.8 Å². The Morgan fingerprint density at radius 3 is 2.48 bits per heavy atom. The number of sulfonamides is 1. The lowest BCUT2D eigenvalue weighted by atomic mass is 9.97. The minimum atomic E-state index is -3.26. The van der Waals surface area contributed by atoms with Gasteiger partial charge in [-0.1, -0.05) is 25.5 Å². The molecule has 2 unspecified atom stereocenters. The second kappa shape index (κ2) is 11.3. The number of rotatable bonds is 9. The minimum absolute atomic E-state index is 0.0353. The average molecular weight is 452 g/mol. The lowest BCUT2D eigenvalue weighted by Crippen LogP contribution is -2.47. The molecule has 0 bridgehead atoms. The third-order valence-corrected chi connectivity index (χ3v) is 8.45. The van der Waals surface area contributed by atoms with Crippen LogP contribution in [0.3, 0.4) is 0 Å². The monoisotopic (exact) mass is 451 g/mol. The number of carbonyl (C=O) groups is 1. The van der Waals surface area contributed by atoms with Crippen LogP contribution in [0.25, 0.3) is 0 Å². The van der Waals surface area contributed by atoms with Gasteiger partial charge in [0.15, 0.2) is 0 Å². The van der Waals surface area contributed by atoms with Crippen LogP contribution in [0.5, 0.6) is 5.75 Å². The number of carbonyl (C=O) groups excluding carboxylic acids is 1. The van der Waals surface area contributed by atoms with E-state index in [1.165, 1.54) is 29.1 Å². The summed E-state index contributed by atoms with van der Waals surface area (Å²) < 4.78 is 31.7. The molecule has 3 rings (SSSR count). The molecule has 31 heavy (non-hydrogen) atoms. The molecule has 2 saturated heterocycles. The van der Waals surface area contributed by atoms with Crippen LogP contribution in [0.1, 0.15) is 57.1 Å². The normalized spacial score (nSPS) is 22.1. The number of amides is 1. The van der Waals surface area contributed by atoms with Gasteiger partial charge in [-0.15, -0.1) is 0 Å². The number of nitrogens with one attached hydrogen (secondary N) is 1. The van der Waals surface area contributed by atoms with Gasteiger partial charge in [-0.3, -0.25) is 9.69 Å². The van der Waals surface area contributed by atoms with E-state index >= 15 is 0 Å². The number of piperidine rings is 2. The Morgan fingerprint density at radius 1 is 1.13 bits per heavy atom. The fraction of sp³-hybridized carbons (Fsp3) is 0.696. The Kier molecular flexibility index (Phi) is 8.75. The second-order valence-corrected chi connectivity index (χ2v) is 10.7.